The normalized spacial score (nSPS) is 12.4. The zero-order valence-corrected chi connectivity index (χ0v) is 9.74. The SMILES string of the molecule is CC(CO)Nc1nnc(-c2ccccc2)s1. The topological polar surface area (TPSA) is 58.0 Å². The third-order valence-corrected chi connectivity index (χ3v) is 2.99. The van der Waals surface area contributed by atoms with Gasteiger partial charge in [0.05, 0.1) is 6.61 Å². The van der Waals surface area contributed by atoms with Crippen molar-refractivity contribution in [3.8, 4) is 10.6 Å². The summed E-state index contributed by atoms with van der Waals surface area (Å²) in [6, 6.07) is 9.91. The third kappa shape index (κ3) is 2.56. The first-order valence-corrected chi connectivity index (χ1v) is 5.87. The van der Waals surface area contributed by atoms with Crippen LogP contribution < -0.4 is 5.32 Å². The lowest BCUT2D eigenvalue weighted by Crippen LogP contribution is -2.18. The van der Waals surface area contributed by atoms with Gasteiger partial charge in [0.2, 0.25) is 5.13 Å². The largest absolute Gasteiger partial charge is 0.394 e. The number of nitrogens with zero attached hydrogens (tertiary/aromatic N) is 2. The van der Waals surface area contributed by atoms with Crippen LogP contribution in [0, 0.1) is 0 Å². The highest BCUT2D eigenvalue weighted by atomic mass is 32.1. The van der Waals surface area contributed by atoms with Gasteiger partial charge in [-0.1, -0.05) is 41.7 Å². The number of nitrogens with one attached hydrogen (secondary N) is 1. The predicted octanol–water partition coefficient (Wildman–Crippen LogP) is 2.00. The van der Waals surface area contributed by atoms with Gasteiger partial charge in [-0.25, -0.2) is 0 Å². The van der Waals surface area contributed by atoms with E-state index in [0.29, 0.717) is 0 Å². The lowest BCUT2D eigenvalue weighted by Gasteiger charge is -2.06. The van der Waals surface area contributed by atoms with Crippen LogP contribution in [0.2, 0.25) is 0 Å². The van der Waals surface area contributed by atoms with Crippen molar-refractivity contribution in [2.75, 3.05) is 11.9 Å². The summed E-state index contributed by atoms with van der Waals surface area (Å²) in [5.41, 5.74) is 1.06. The summed E-state index contributed by atoms with van der Waals surface area (Å²) in [4.78, 5) is 0. The van der Waals surface area contributed by atoms with Crippen LogP contribution in [0.15, 0.2) is 30.3 Å². The number of hydrogen-bond donors (Lipinski definition) is 2. The molecule has 0 saturated carbocycles. The minimum Gasteiger partial charge on any atom is -0.394 e. The van der Waals surface area contributed by atoms with E-state index < -0.39 is 0 Å². The molecular formula is C11H13N3OS. The molecule has 0 saturated heterocycles. The van der Waals surface area contributed by atoms with Crippen molar-refractivity contribution in [3.05, 3.63) is 30.3 Å². The van der Waals surface area contributed by atoms with Crippen molar-refractivity contribution >= 4 is 16.5 Å². The molecule has 1 heterocycles. The van der Waals surface area contributed by atoms with Gasteiger partial charge in [-0.05, 0) is 6.92 Å². The van der Waals surface area contributed by atoms with E-state index in [9.17, 15) is 0 Å². The highest BCUT2D eigenvalue weighted by Crippen LogP contribution is 2.26. The van der Waals surface area contributed by atoms with E-state index in [1.165, 1.54) is 11.3 Å². The van der Waals surface area contributed by atoms with Crippen molar-refractivity contribution in [3.63, 3.8) is 0 Å². The van der Waals surface area contributed by atoms with E-state index in [2.05, 4.69) is 15.5 Å². The highest BCUT2D eigenvalue weighted by molar-refractivity contribution is 7.18. The summed E-state index contributed by atoms with van der Waals surface area (Å²) >= 11 is 1.49. The number of rotatable bonds is 4. The molecular weight excluding hydrogens is 222 g/mol. The van der Waals surface area contributed by atoms with Crippen molar-refractivity contribution in [1.29, 1.82) is 0 Å². The summed E-state index contributed by atoms with van der Waals surface area (Å²) in [7, 11) is 0. The van der Waals surface area contributed by atoms with Crippen molar-refractivity contribution in [2.24, 2.45) is 0 Å². The summed E-state index contributed by atoms with van der Waals surface area (Å²) in [6.45, 7) is 1.98. The molecule has 0 aliphatic heterocycles. The first-order chi connectivity index (χ1) is 7.79. The molecule has 4 nitrogen and oxygen atoms in total. The van der Waals surface area contributed by atoms with Crippen LogP contribution in [0.25, 0.3) is 10.6 Å². The van der Waals surface area contributed by atoms with Gasteiger partial charge in [-0.15, -0.1) is 10.2 Å². The van der Waals surface area contributed by atoms with E-state index in [-0.39, 0.29) is 12.6 Å². The number of benzene rings is 1. The Balaban J connectivity index is 2.14. The molecule has 0 amide bonds. The van der Waals surface area contributed by atoms with Crippen molar-refractivity contribution in [1.82, 2.24) is 10.2 Å². The molecule has 1 aromatic carbocycles. The van der Waals surface area contributed by atoms with Crippen LogP contribution in [0.5, 0.6) is 0 Å². The monoisotopic (exact) mass is 235 g/mol. The summed E-state index contributed by atoms with van der Waals surface area (Å²) < 4.78 is 0. The molecule has 2 aromatic rings. The van der Waals surface area contributed by atoms with Gasteiger partial charge in [-0.2, -0.15) is 0 Å². The van der Waals surface area contributed by atoms with Gasteiger partial charge < -0.3 is 10.4 Å². The van der Waals surface area contributed by atoms with Gasteiger partial charge in [0.15, 0.2) is 0 Å². The molecule has 2 rings (SSSR count). The van der Waals surface area contributed by atoms with E-state index in [4.69, 9.17) is 5.11 Å². The summed E-state index contributed by atoms with van der Waals surface area (Å²) in [5, 5.41) is 21.7. The van der Waals surface area contributed by atoms with Crippen LogP contribution in [-0.2, 0) is 0 Å². The minimum atomic E-state index is -0.00317. The number of aliphatic hydroxyl groups excluding tert-OH is 1. The number of anilines is 1. The second-order valence-corrected chi connectivity index (χ2v) is 4.48. The highest BCUT2D eigenvalue weighted by Gasteiger charge is 2.07. The zero-order chi connectivity index (χ0) is 11.4. The maximum absolute atomic E-state index is 8.91. The van der Waals surface area contributed by atoms with Gasteiger partial charge in [-0.3, -0.25) is 0 Å². The van der Waals surface area contributed by atoms with Crippen LogP contribution in [0.3, 0.4) is 0 Å². The Bertz CT molecular complexity index is 444. The van der Waals surface area contributed by atoms with E-state index >= 15 is 0 Å². The van der Waals surface area contributed by atoms with Crippen LogP contribution in [-0.4, -0.2) is 28.0 Å². The standard InChI is InChI=1S/C11H13N3OS/c1-8(7-15)12-11-14-13-10(16-11)9-5-3-2-4-6-9/h2-6,8,15H,7H2,1H3,(H,12,14). The molecule has 0 radical (unpaired) electrons. The smallest absolute Gasteiger partial charge is 0.206 e. The van der Waals surface area contributed by atoms with E-state index in [0.717, 1.165) is 15.7 Å². The van der Waals surface area contributed by atoms with Crippen LogP contribution in [0.4, 0.5) is 5.13 Å². The molecule has 0 aliphatic rings. The summed E-state index contributed by atoms with van der Waals surface area (Å²) in [5.74, 6) is 0. The van der Waals surface area contributed by atoms with Gasteiger partial charge in [0.25, 0.3) is 0 Å². The van der Waals surface area contributed by atoms with Crippen LogP contribution in [0.1, 0.15) is 6.92 Å². The van der Waals surface area contributed by atoms with Crippen molar-refractivity contribution < 1.29 is 5.11 Å². The maximum Gasteiger partial charge on any atom is 0.206 e. The molecule has 1 unspecified atom stereocenters. The average Bonchev–Trinajstić information content (AvgIpc) is 2.78. The number of aliphatic hydroxyl groups is 1. The summed E-state index contributed by atoms with van der Waals surface area (Å²) in [6.07, 6.45) is 0. The predicted molar refractivity (Wildman–Crippen MR) is 65.5 cm³/mol. The quantitative estimate of drug-likeness (QED) is 0.851. The Labute approximate surface area is 98.0 Å². The molecule has 0 bridgehead atoms. The van der Waals surface area contributed by atoms with Gasteiger partial charge in [0.1, 0.15) is 5.01 Å². The Morgan fingerprint density at radius 2 is 2.06 bits per heavy atom. The Hall–Kier alpha value is -1.46. The fraction of sp³-hybridized carbons (Fsp3) is 0.273. The second-order valence-electron chi connectivity index (χ2n) is 3.51. The maximum atomic E-state index is 8.91. The van der Waals surface area contributed by atoms with E-state index in [1.807, 2.05) is 37.3 Å². The lowest BCUT2D eigenvalue weighted by atomic mass is 10.2. The molecule has 1 aromatic heterocycles. The molecule has 0 spiro atoms. The molecule has 0 aliphatic carbocycles. The molecule has 16 heavy (non-hydrogen) atoms. The lowest BCUT2D eigenvalue weighted by molar-refractivity contribution is 0.281. The second kappa shape index (κ2) is 5.05. The minimum absolute atomic E-state index is 0.00317. The van der Waals surface area contributed by atoms with Gasteiger partial charge in [0, 0.05) is 11.6 Å². The Morgan fingerprint density at radius 1 is 1.31 bits per heavy atom. The fourth-order valence-electron chi connectivity index (χ4n) is 1.24. The number of aromatic nitrogens is 2. The van der Waals surface area contributed by atoms with Gasteiger partial charge >= 0.3 is 0 Å². The molecule has 1 atom stereocenters. The molecule has 0 fully saturated rings. The van der Waals surface area contributed by atoms with Crippen molar-refractivity contribution in [2.45, 2.75) is 13.0 Å². The van der Waals surface area contributed by atoms with E-state index in [1.54, 1.807) is 0 Å². The van der Waals surface area contributed by atoms with Crippen LogP contribution >= 0.6 is 11.3 Å². The Kier molecular flexibility index (Phi) is 3.48. The first kappa shape index (κ1) is 11.0. The Morgan fingerprint density at radius 3 is 2.75 bits per heavy atom. The molecule has 2 N–H and O–H groups in total. The zero-order valence-electron chi connectivity index (χ0n) is 8.92. The molecule has 84 valence electrons. The third-order valence-electron chi connectivity index (χ3n) is 2.09. The fourth-order valence-corrected chi connectivity index (χ4v) is 2.10. The first-order valence-electron chi connectivity index (χ1n) is 5.06. The molecule has 5 heteroatoms. The average molecular weight is 235 g/mol. The number of hydrogen-bond acceptors (Lipinski definition) is 5.